The molecule has 1 unspecified atom stereocenters. The van der Waals surface area contributed by atoms with Gasteiger partial charge in [0.15, 0.2) is 0 Å². The Hall–Kier alpha value is -0.450. The maximum Gasteiger partial charge on any atom is 0.137 e. The minimum Gasteiger partial charge on any atom is -0.395 e. The molecule has 0 bridgehead atoms. The van der Waals surface area contributed by atoms with E-state index in [1.165, 1.54) is 0 Å². The van der Waals surface area contributed by atoms with Crippen LogP contribution in [0.5, 0.6) is 0 Å². The van der Waals surface area contributed by atoms with Crippen LogP contribution in [0.2, 0.25) is 0 Å². The summed E-state index contributed by atoms with van der Waals surface area (Å²) in [6, 6.07) is 0. The van der Waals surface area contributed by atoms with E-state index < -0.39 is 0 Å². The van der Waals surface area contributed by atoms with Crippen LogP contribution in [0.25, 0.3) is 0 Å². The Morgan fingerprint density at radius 2 is 2.33 bits per heavy atom. The van der Waals surface area contributed by atoms with Crippen molar-refractivity contribution in [1.82, 2.24) is 10.2 Å². The highest BCUT2D eigenvalue weighted by Gasteiger charge is 2.26. The average Bonchev–Trinajstić information content (AvgIpc) is 2.72. The summed E-state index contributed by atoms with van der Waals surface area (Å²) in [6.07, 6.45) is 1.69. The van der Waals surface area contributed by atoms with Crippen molar-refractivity contribution in [3.8, 4) is 0 Å². The summed E-state index contributed by atoms with van der Waals surface area (Å²) in [7, 11) is 0. The van der Waals surface area contributed by atoms with E-state index in [4.69, 9.17) is 5.11 Å². The van der Waals surface area contributed by atoms with E-state index in [2.05, 4.69) is 10.2 Å². The van der Waals surface area contributed by atoms with Crippen molar-refractivity contribution in [2.45, 2.75) is 19.8 Å². The van der Waals surface area contributed by atoms with Gasteiger partial charge in [0.2, 0.25) is 0 Å². The fourth-order valence-electron chi connectivity index (χ4n) is 2.03. The normalized spacial score (nSPS) is 22.1. The molecular formula is C11H22N2O2. The van der Waals surface area contributed by atoms with Gasteiger partial charge in [0.05, 0.1) is 6.61 Å². The van der Waals surface area contributed by atoms with Crippen LogP contribution in [0, 0.1) is 5.92 Å². The van der Waals surface area contributed by atoms with E-state index in [9.17, 15) is 4.79 Å². The number of rotatable bonds is 7. The first-order valence-corrected chi connectivity index (χ1v) is 5.84. The number of hydrogen-bond acceptors (Lipinski definition) is 4. The molecule has 1 saturated heterocycles. The fourth-order valence-corrected chi connectivity index (χ4v) is 2.03. The van der Waals surface area contributed by atoms with Gasteiger partial charge in [-0.05, 0) is 13.0 Å². The summed E-state index contributed by atoms with van der Waals surface area (Å²) < 4.78 is 0. The van der Waals surface area contributed by atoms with Crippen LogP contribution < -0.4 is 5.32 Å². The number of ketones is 1. The molecule has 0 aromatic heterocycles. The molecule has 1 aliphatic heterocycles. The summed E-state index contributed by atoms with van der Waals surface area (Å²) in [6.45, 7) is 6.63. The van der Waals surface area contributed by atoms with E-state index >= 15 is 0 Å². The molecule has 4 nitrogen and oxygen atoms in total. The lowest BCUT2D eigenvalue weighted by Crippen LogP contribution is -2.32. The van der Waals surface area contributed by atoms with Gasteiger partial charge in [0.1, 0.15) is 5.78 Å². The summed E-state index contributed by atoms with van der Waals surface area (Å²) in [5.41, 5.74) is 0. The standard InChI is InChI=1S/C11H22N2O2/c1-2-11(15)10-3-6-13(9-10)7-4-12-5-8-14/h10,12,14H,2-9H2,1H3. The van der Waals surface area contributed by atoms with E-state index in [-0.39, 0.29) is 12.5 Å². The van der Waals surface area contributed by atoms with Crippen molar-refractivity contribution >= 4 is 5.78 Å². The molecular weight excluding hydrogens is 192 g/mol. The molecule has 1 atom stereocenters. The van der Waals surface area contributed by atoms with Crippen LogP contribution in [-0.2, 0) is 4.79 Å². The summed E-state index contributed by atoms with van der Waals surface area (Å²) >= 11 is 0. The third kappa shape index (κ3) is 4.28. The maximum atomic E-state index is 11.5. The van der Waals surface area contributed by atoms with Gasteiger partial charge in [-0.1, -0.05) is 6.92 Å². The van der Waals surface area contributed by atoms with Gasteiger partial charge in [0, 0.05) is 38.5 Å². The lowest BCUT2D eigenvalue weighted by molar-refractivity contribution is -0.122. The molecule has 0 aromatic carbocycles. The van der Waals surface area contributed by atoms with Crippen molar-refractivity contribution < 1.29 is 9.90 Å². The van der Waals surface area contributed by atoms with Crippen LogP contribution in [-0.4, -0.2) is 55.1 Å². The quantitative estimate of drug-likeness (QED) is 0.580. The Kier molecular flexibility index (Phi) is 5.83. The number of carbonyl (C=O) groups is 1. The Balaban J connectivity index is 2.11. The Bertz CT molecular complexity index is 197. The molecule has 2 N–H and O–H groups in total. The minimum atomic E-state index is 0.191. The smallest absolute Gasteiger partial charge is 0.137 e. The highest BCUT2D eigenvalue weighted by Crippen LogP contribution is 2.17. The van der Waals surface area contributed by atoms with Gasteiger partial charge in [-0.15, -0.1) is 0 Å². The van der Waals surface area contributed by atoms with Gasteiger partial charge >= 0.3 is 0 Å². The third-order valence-corrected chi connectivity index (χ3v) is 2.97. The van der Waals surface area contributed by atoms with Crippen LogP contribution in [0.1, 0.15) is 19.8 Å². The highest BCUT2D eigenvalue weighted by atomic mass is 16.3. The SMILES string of the molecule is CCC(=O)C1CCN(CCNCCO)C1. The molecule has 1 aliphatic rings. The molecule has 1 fully saturated rings. The maximum absolute atomic E-state index is 11.5. The molecule has 0 aromatic rings. The second-order valence-corrected chi connectivity index (χ2v) is 4.08. The van der Waals surface area contributed by atoms with Gasteiger partial charge in [-0.25, -0.2) is 0 Å². The number of nitrogens with zero attached hydrogens (tertiary/aromatic N) is 1. The molecule has 1 rings (SSSR count). The predicted molar refractivity (Wildman–Crippen MR) is 59.8 cm³/mol. The minimum absolute atomic E-state index is 0.191. The first-order chi connectivity index (χ1) is 7.27. The second kappa shape index (κ2) is 6.93. The Labute approximate surface area is 91.6 Å². The molecule has 0 spiro atoms. The van der Waals surface area contributed by atoms with Crippen molar-refractivity contribution in [2.24, 2.45) is 5.92 Å². The summed E-state index contributed by atoms with van der Waals surface area (Å²) in [5, 5.41) is 11.7. The van der Waals surface area contributed by atoms with Gasteiger partial charge in [-0.3, -0.25) is 4.79 Å². The average molecular weight is 214 g/mol. The van der Waals surface area contributed by atoms with Gasteiger partial charge in [0.25, 0.3) is 0 Å². The number of Topliss-reactive ketones (excluding diaryl/α,β-unsaturated/α-hetero) is 1. The van der Waals surface area contributed by atoms with E-state index in [1.807, 2.05) is 6.92 Å². The van der Waals surface area contributed by atoms with E-state index in [0.717, 1.165) is 32.6 Å². The largest absolute Gasteiger partial charge is 0.395 e. The summed E-state index contributed by atoms with van der Waals surface area (Å²) in [5.74, 6) is 0.675. The molecule has 1 heterocycles. The van der Waals surface area contributed by atoms with Crippen molar-refractivity contribution in [3.05, 3.63) is 0 Å². The van der Waals surface area contributed by atoms with Crippen molar-refractivity contribution in [3.63, 3.8) is 0 Å². The first-order valence-electron chi connectivity index (χ1n) is 5.84. The second-order valence-electron chi connectivity index (χ2n) is 4.08. The van der Waals surface area contributed by atoms with Crippen LogP contribution in [0.15, 0.2) is 0 Å². The van der Waals surface area contributed by atoms with Crippen molar-refractivity contribution in [2.75, 3.05) is 39.3 Å². The highest BCUT2D eigenvalue weighted by molar-refractivity contribution is 5.81. The Morgan fingerprint density at radius 1 is 1.53 bits per heavy atom. The Morgan fingerprint density at radius 3 is 3.00 bits per heavy atom. The monoisotopic (exact) mass is 214 g/mol. The molecule has 0 radical (unpaired) electrons. The number of hydrogen-bond donors (Lipinski definition) is 2. The number of likely N-dealkylation sites (tertiary alicyclic amines) is 1. The number of nitrogens with one attached hydrogen (secondary N) is 1. The lowest BCUT2D eigenvalue weighted by atomic mass is 10.0. The predicted octanol–water partition coefficient (Wildman–Crippen LogP) is -0.131. The zero-order valence-electron chi connectivity index (χ0n) is 9.54. The molecule has 0 aliphatic carbocycles. The number of aliphatic hydroxyl groups excluding tert-OH is 1. The van der Waals surface area contributed by atoms with E-state index in [0.29, 0.717) is 18.7 Å². The topological polar surface area (TPSA) is 52.6 Å². The van der Waals surface area contributed by atoms with Crippen LogP contribution in [0.4, 0.5) is 0 Å². The fraction of sp³-hybridized carbons (Fsp3) is 0.909. The molecule has 0 amide bonds. The third-order valence-electron chi connectivity index (χ3n) is 2.97. The summed E-state index contributed by atoms with van der Waals surface area (Å²) in [4.78, 5) is 13.8. The lowest BCUT2D eigenvalue weighted by Gasteiger charge is -2.15. The molecule has 0 saturated carbocycles. The molecule has 4 heteroatoms. The van der Waals surface area contributed by atoms with Crippen LogP contribution >= 0.6 is 0 Å². The zero-order valence-corrected chi connectivity index (χ0v) is 9.54. The van der Waals surface area contributed by atoms with Gasteiger partial charge in [-0.2, -0.15) is 0 Å². The van der Waals surface area contributed by atoms with E-state index in [1.54, 1.807) is 0 Å². The number of carbonyl (C=O) groups excluding carboxylic acids is 1. The number of aliphatic hydroxyl groups is 1. The first kappa shape index (κ1) is 12.6. The van der Waals surface area contributed by atoms with Crippen LogP contribution in [0.3, 0.4) is 0 Å². The zero-order chi connectivity index (χ0) is 11.1. The van der Waals surface area contributed by atoms with Gasteiger partial charge < -0.3 is 15.3 Å². The van der Waals surface area contributed by atoms with Crippen molar-refractivity contribution in [1.29, 1.82) is 0 Å². The molecule has 88 valence electrons. The molecule has 15 heavy (non-hydrogen) atoms.